The van der Waals surface area contributed by atoms with Crippen molar-refractivity contribution in [1.82, 2.24) is 5.32 Å². The Labute approximate surface area is 90.4 Å². The molecule has 4 heteroatoms. The number of amides is 1. The van der Waals surface area contributed by atoms with Crippen molar-refractivity contribution in [3.05, 3.63) is 0 Å². The molecule has 0 aromatic carbocycles. The fourth-order valence-electron chi connectivity index (χ4n) is 1.41. The number of rotatable bonds is 5. The first-order valence-electron chi connectivity index (χ1n) is 5.48. The molecule has 1 amide bonds. The molecule has 0 aromatic rings. The molecule has 0 saturated heterocycles. The first kappa shape index (κ1) is 12.0. The second kappa shape index (κ2) is 5.14. The van der Waals surface area contributed by atoms with Crippen molar-refractivity contribution in [3.63, 3.8) is 0 Å². The number of esters is 1. The Morgan fingerprint density at radius 3 is 2.47 bits per heavy atom. The smallest absolute Gasteiger partial charge is 0.328 e. The monoisotopic (exact) mass is 213 g/mol. The van der Waals surface area contributed by atoms with Crippen LogP contribution < -0.4 is 5.32 Å². The molecule has 15 heavy (non-hydrogen) atoms. The summed E-state index contributed by atoms with van der Waals surface area (Å²) in [4.78, 5) is 23.0. The van der Waals surface area contributed by atoms with E-state index in [1.807, 2.05) is 13.8 Å². The first-order chi connectivity index (χ1) is 7.10. The highest BCUT2D eigenvalue weighted by Crippen LogP contribution is 2.29. The molecular formula is C11H19NO3. The van der Waals surface area contributed by atoms with Crippen LogP contribution >= 0.6 is 0 Å². The second-order valence-electron chi connectivity index (χ2n) is 4.17. The number of methoxy groups -OCH3 is 1. The fourth-order valence-corrected chi connectivity index (χ4v) is 1.41. The number of nitrogens with one attached hydrogen (secondary N) is 1. The van der Waals surface area contributed by atoms with E-state index >= 15 is 0 Å². The third-order valence-electron chi connectivity index (χ3n) is 2.91. The van der Waals surface area contributed by atoms with Gasteiger partial charge >= 0.3 is 5.97 Å². The molecule has 0 radical (unpaired) electrons. The third-order valence-corrected chi connectivity index (χ3v) is 2.91. The summed E-state index contributed by atoms with van der Waals surface area (Å²) < 4.78 is 4.68. The van der Waals surface area contributed by atoms with Crippen LogP contribution in [0.5, 0.6) is 0 Å². The lowest BCUT2D eigenvalue weighted by Crippen LogP contribution is -2.46. The van der Waals surface area contributed by atoms with Crippen LogP contribution in [-0.4, -0.2) is 25.0 Å². The van der Waals surface area contributed by atoms with Crippen molar-refractivity contribution in [2.45, 2.75) is 39.2 Å². The zero-order valence-corrected chi connectivity index (χ0v) is 9.58. The van der Waals surface area contributed by atoms with Crippen LogP contribution in [0.15, 0.2) is 0 Å². The van der Waals surface area contributed by atoms with E-state index < -0.39 is 6.04 Å². The van der Waals surface area contributed by atoms with Gasteiger partial charge in [0.25, 0.3) is 0 Å². The maximum absolute atomic E-state index is 11.5. The highest BCUT2D eigenvalue weighted by molar-refractivity contribution is 5.87. The van der Waals surface area contributed by atoms with Crippen molar-refractivity contribution in [1.29, 1.82) is 0 Å². The topological polar surface area (TPSA) is 55.4 Å². The maximum Gasteiger partial charge on any atom is 0.328 e. The predicted molar refractivity (Wildman–Crippen MR) is 56.1 cm³/mol. The number of hydrogen-bond donors (Lipinski definition) is 1. The summed E-state index contributed by atoms with van der Waals surface area (Å²) in [6.07, 6.45) is 2.73. The molecule has 0 aliphatic heterocycles. The number of carbonyl (C=O) groups is 2. The van der Waals surface area contributed by atoms with Crippen LogP contribution in [0.3, 0.4) is 0 Å². The summed E-state index contributed by atoms with van der Waals surface area (Å²) in [7, 11) is 1.35. The van der Waals surface area contributed by atoms with Crippen LogP contribution in [0.25, 0.3) is 0 Å². The molecule has 1 aliphatic rings. The molecule has 0 aromatic heterocycles. The lowest BCUT2D eigenvalue weighted by Gasteiger charge is -2.21. The molecule has 0 bridgehead atoms. The van der Waals surface area contributed by atoms with Gasteiger partial charge in [-0.15, -0.1) is 0 Å². The molecule has 0 unspecified atom stereocenters. The Kier molecular flexibility index (Phi) is 4.12. The van der Waals surface area contributed by atoms with E-state index in [2.05, 4.69) is 10.1 Å². The van der Waals surface area contributed by atoms with Crippen molar-refractivity contribution in [3.8, 4) is 0 Å². The van der Waals surface area contributed by atoms with Gasteiger partial charge in [-0.25, -0.2) is 4.79 Å². The normalized spacial score (nSPS) is 19.1. The highest BCUT2D eigenvalue weighted by Gasteiger charge is 2.34. The fraction of sp³-hybridized carbons (Fsp3) is 0.818. The molecule has 1 rings (SSSR count). The van der Waals surface area contributed by atoms with Gasteiger partial charge in [0.1, 0.15) is 6.04 Å². The van der Waals surface area contributed by atoms with E-state index in [0.717, 1.165) is 19.3 Å². The highest BCUT2D eigenvalue weighted by atomic mass is 16.5. The van der Waals surface area contributed by atoms with Gasteiger partial charge in [0, 0.05) is 5.92 Å². The molecule has 0 spiro atoms. The Morgan fingerprint density at radius 1 is 1.47 bits per heavy atom. The summed E-state index contributed by atoms with van der Waals surface area (Å²) >= 11 is 0. The van der Waals surface area contributed by atoms with Crippen LogP contribution in [0.4, 0.5) is 0 Å². The van der Waals surface area contributed by atoms with Gasteiger partial charge in [-0.3, -0.25) is 4.79 Å². The van der Waals surface area contributed by atoms with E-state index in [-0.39, 0.29) is 23.7 Å². The zero-order chi connectivity index (χ0) is 11.4. The van der Waals surface area contributed by atoms with Gasteiger partial charge in [0.15, 0.2) is 0 Å². The average Bonchev–Trinajstić information content (AvgIpc) is 3.07. The standard InChI is InChI=1S/C11H19NO3/c1-4-7(2)9(11(14)15-3)12-10(13)8-5-6-8/h7-9H,4-6H2,1-3H3,(H,12,13)/t7-,9-/m0/s1. The third kappa shape index (κ3) is 3.22. The largest absolute Gasteiger partial charge is 0.467 e. The summed E-state index contributed by atoms with van der Waals surface area (Å²) in [5, 5.41) is 2.77. The Balaban J connectivity index is 2.54. The minimum Gasteiger partial charge on any atom is -0.467 e. The summed E-state index contributed by atoms with van der Waals surface area (Å²) in [6, 6.07) is -0.493. The van der Waals surface area contributed by atoms with E-state index in [9.17, 15) is 9.59 Å². The molecule has 1 saturated carbocycles. The second-order valence-corrected chi connectivity index (χ2v) is 4.17. The minimum absolute atomic E-state index is 0.00861. The Morgan fingerprint density at radius 2 is 2.07 bits per heavy atom. The SMILES string of the molecule is CC[C@H](C)[C@H](NC(=O)C1CC1)C(=O)OC. The molecule has 1 fully saturated rings. The van der Waals surface area contributed by atoms with Crippen molar-refractivity contribution < 1.29 is 14.3 Å². The quantitative estimate of drug-likeness (QED) is 0.696. The zero-order valence-electron chi connectivity index (χ0n) is 9.58. The summed E-state index contributed by atoms with van der Waals surface area (Å²) in [5.74, 6) is -0.120. The van der Waals surface area contributed by atoms with Crippen LogP contribution in [0.1, 0.15) is 33.1 Å². The van der Waals surface area contributed by atoms with E-state index in [1.165, 1.54) is 7.11 Å². The van der Waals surface area contributed by atoms with E-state index in [0.29, 0.717) is 0 Å². The lowest BCUT2D eigenvalue weighted by molar-refractivity contribution is -0.146. The van der Waals surface area contributed by atoms with Gasteiger partial charge in [0.2, 0.25) is 5.91 Å². The van der Waals surface area contributed by atoms with Gasteiger partial charge in [-0.2, -0.15) is 0 Å². The maximum atomic E-state index is 11.5. The first-order valence-corrected chi connectivity index (χ1v) is 5.48. The number of hydrogen-bond acceptors (Lipinski definition) is 3. The van der Waals surface area contributed by atoms with Gasteiger partial charge in [-0.1, -0.05) is 20.3 Å². The molecular weight excluding hydrogens is 194 g/mol. The van der Waals surface area contributed by atoms with Crippen LogP contribution in [0.2, 0.25) is 0 Å². The van der Waals surface area contributed by atoms with Crippen molar-refractivity contribution in [2.75, 3.05) is 7.11 Å². The molecule has 4 nitrogen and oxygen atoms in total. The summed E-state index contributed by atoms with van der Waals surface area (Å²) in [5.41, 5.74) is 0. The molecule has 0 heterocycles. The molecule has 86 valence electrons. The van der Waals surface area contributed by atoms with Crippen LogP contribution in [-0.2, 0) is 14.3 Å². The van der Waals surface area contributed by atoms with Gasteiger partial charge in [-0.05, 0) is 18.8 Å². The lowest BCUT2D eigenvalue weighted by atomic mass is 9.99. The van der Waals surface area contributed by atoms with E-state index in [4.69, 9.17) is 0 Å². The number of ether oxygens (including phenoxy) is 1. The Bertz CT molecular complexity index is 248. The molecule has 1 aliphatic carbocycles. The van der Waals surface area contributed by atoms with Gasteiger partial charge < -0.3 is 10.1 Å². The Hall–Kier alpha value is -1.06. The van der Waals surface area contributed by atoms with Crippen molar-refractivity contribution >= 4 is 11.9 Å². The predicted octanol–water partition coefficient (Wildman–Crippen LogP) is 1.10. The molecule has 2 atom stereocenters. The number of carbonyl (C=O) groups excluding carboxylic acids is 2. The summed E-state index contributed by atoms with van der Waals surface area (Å²) in [6.45, 7) is 3.93. The van der Waals surface area contributed by atoms with Crippen molar-refractivity contribution in [2.24, 2.45) is 11.8 Å². The van der Waals surface area contributed by atoms with Gasteiger partial charge in [0.05, 0.1) is 7.11 Å². The minimum atomic E-state index is -0.493. The average molecular weight is 213 g/mol. The molecule has 1 N–H and O–H groups in total. The van der Waals surface area contributed by atoms with Crippen LogP contribution in [0, 0.1) is 11.8 Å². The van der Waals surface area contributed by atoms with E-state index in [1.54, 1.807) is 0 Å².